The number of nitrogens with two attached hydrogens (primary N) is 1. The summed E-state index contributed by atoms with van der Waals surface area (Å²) in [5.41, 5.74) is 8.55. The van der Waals surface area contributed by atoms with E-state index in [1.807, 2.05) is 5.38 Å². The zero-order chi connectivity index (χ0) is 21.8. The third-order valence-corrected chi connectivity index (χ3v) is 5.26. The number of aliphatic hydroxyl groups is 1. The Balaban J connectivity index is 1.73. The van der Waals surface area contributed by atoms with Gasteiger partial charge in [-0.05, 0) is 31.2 Å². The lowest BCUT2D eigenvalue weighted by molar-refractivity contribution is 0.186. The van der Waals surface area contributed by atoms with Crippen molar-refractivity contribution in [2.75, 3.05) is 6.54 Å². The second kappa shape index (κ2) is 8.97. The number of aryl methyl sites for hydroxylation is 1. The second-order valence-electron chi connectivity index (χ2n) is 6.63. The molecule has 3 heterocycles. The minimum atomic E-state index is -0.772. The Kier molecular flexibility index (Phi) is 5.95. The van der Waals surface area contributed by atoms with Crippen LogP contribution in [0.25, 0.3) is 22.0 Å². The number of benzene rings is 1. The first-order valence-electron chi connectivity index (χ1n) is 9.39. The number of hydrogen-bond acceptors (Lipinski definition) is 9. The lowest BCUT2D eigenvalue weighted by atomic mass is 10.1. The van der Waals surface area contributed by atoms with Gasteiger partial charge in [-0.25, -0.2) is 9.97 Å². The van der Waals surface area contributed by atoms with Gasteiger partial charge in [0.1, 0.15) is 22.3 Å². The van der Waals surface area contributed by atoms with Gasteiger partial charge in [-0.1, -0.05) is 6.07 Å². The molecular weight excluding hydrogens is 412 g/mol. The van der Waals surface area contributed by atoms with Crippen LogP contribution in [0.4, 0.5) is 0 Å². The predicted octanol–water partition coefficient (Wildman–Crippen LogP) is 3.63. The predicted molar refractivity (Wildman–Crippen MR) is 116 cm³/mol. The molecule has 1 aromatic carbocycles. The monoisotopic (exact) mass is 430 g/mol. The number of nitrogens with zero attached hydrogens (tertiary/aromatic N) is 5. The second-order valence-corrected chi connectivity index (χ2v) is 7.52. The van der Waals surface area contributed by atoms with E-state index >= 15 is 0 Å². The number of nitriles is 1. The standard InChI is InChI=1S/C22H18N6O2S/c1-13-27-18(22-25-6-7-31-22)9-21(28-13)30-20-8-14(10-23)2-4-16(20)17-5-3-15(12-26-17)19(29)11-24/h2-9,12,19,29H,11,24H2,1H3/t19-/m1/s1. The number of thiazole rings is 1. The molecule has 4 rings (SSSR count). The lowest BCUT2D eigenvalue weighted by Gasteiger charge is -2.13. The van der Waals surface area contributed by atoms with Crippen molar-refractivity contribution in [3.8, 4) is 39.7 Å². The maximum absolute atomic E-state index is 9.89. The van der Waals surface area contributed by atoms with Crippen molar-refractivity contribution in [3.05, 3.63) is 71.1 Å². The van der Waals surface area contributed by atoms with Gasteiger partial charge in [0.25, 0.3) is 0 Å². The van der Waals surface area contributed by atoms with Gasteiger partial charge in [0.05, 0.1) is 23.4 Å². The Bertz CT molecular complexity index is 1240. The van der Waals surface area contributed by atoms with Crippen LogP contribution in [-0.2, 0) is 0 Å². The number of hydrogen-bond donors (Lipinski definition) is 2. The number of aromatic nitrogens is 4. The summed E-state index contributed by atoms with van der Waals surface area (Å²) in [6.07, 6.45) is 2.51. The van der Waals surface area contributed by atoms with Crippen molar-refractivity contribution >= 4 is 11.3 Å². The smallest absolute Gasteiger partial charge is 0.223 e. The Morgan fingerprint density at radius 1 is 1.16 bits per heavy atom. The van der Waals surface area contributed by atoms with Crippen LogP contribution in [0.5, 0.6) is 11.6 Å². The highest BCUT2D eigenvalue weighted by molar-refractivity contribution is 7.13. The quantitative estimate of drug-likeness (QED) is 0.474. The fourth-order valence-corrected chi connectivity index (χ4v) is 3.55. The van der Waals surface area contributed by atoms with E-state index in [0.717, 1.165) is 5.01 Å². The molecule has 9 heteroatoms. The third-order valence-electron chi connectivity index (χ3n) is 4.46. The van der Waals surface area contributed by atoms with Crippen molar-refractivity contribution in [2.45, 2.75) is 13.0 Å². The maximum atomic E-state index is 9.89. The van der Waals surface area contributed by atoms with E-state index < -0.39 is 6.10 Å². The molecule has 0 spiro atoms. The normalized spacial score (nSPS) is 11.7. The lowest BCUT2D eigenvalue weighted by Crippen LogP contribution is -2.11. The van der Waals surface area contributed by atoms with Gasteiger partial charge in [0.15, 0.2) is 0 Å². The molecule has 0 amide bonds. The zero-order valence-electron chi connectivity index (χ0n) is 16.6. The van der Waals surface area contributed by atoms with E-state index in [-0.39, 0.29) is 6.54 Å². The Labute approximate surface area is 182 Å². The van der Waals surface area contributed by atoms with Crippen LogP contribution in [0.3, 0.4) is 0 Å². The van der Waals surface area contributed by atoms with E-state index in [4.69, 9.17) is 10.5 Å². The minimum Gasteiger partial charge on any atom is -0.438 e. The molecule has 0 bridgehead atoms. The number of aliphatic hydroxyl groups excluding tert-OH is 1. The van der Waals surface area contributed by atoms with Crippen molar-refractivity contribution in [2.24, 2.45) is 5.73 Å². The summed E-state index contributed by atoms with van der Waals surface area (Å²) < 4.78 is 6.09. The van der Waals surface area contributed by atoms with E-state index in [0.29, 0.717) is 45.5 Å². The summed E-state index contributed by atoms with van der Waals surface area (Å²) in [5, 5.41) is 21.9. The molecule has 0 aliphatic rings. The molecule has 0 aliphatic heterocycles. The van der Waals surface area contributed by atoms with Gasteiger partial charge < -0.3 is 15.6 Å². The van der Waals surface area contributed by atoms with Crippen molar-refractivity contribution < 1.29 is 9.84 Å². The molecule has 0 unspecified atom stereocenters. The van der Waals surface area contributed by atoms with Gasteiger partial charge in [0.2, 0.25) is 5.88 Å². The molecule has 1 atom stereocenters. The Morgan fingerprint density at radius 3 is 2.71 bits per heavy atom. The molecule has 8 nitrogen and oxygen atoms in total. The summed E-state index contributed by atoms with van der Waals surface area (Å²) >= 11 is 1.47. The fourth-order valence-electron chi connectivity index (χ4n) is 2.95. The maximum Gasteiger partial charge on any atom is 0.223 e. The van der Waals surface area contributed by atoms with Crippen LogP contribution < -0.4 is 10.5 Å². The molecule has 31 heavy (non-hydrogen) atoms. The topological polar surface area (TPSA) is 131 Å². The zero-order valence-corrected chi connectivity index (χ0v) is 17.4. The summed E-state index contributed by atoms with van der Waals surface area (Å²) in [6.45, 7) is 1.89. The van der Waals surface area contributed by atoms with Crippen LogP contribution in [0, 0.1) is 18.3 Å². The molecule has 3 aromatic heterocycles. The van der Waals surface area contributed by atoms with E-state index in [2.05, 4.69) is 26.0 Å². The highest BCUT2D eigenvalue weighted by Gasteiger charge is 2.14. The molecular formula is C22H18N6O2S. The van der Waals surface area contributed by atoms with Crippen LogP contribution in [0.15, 0.2) is 54.2 Å². The van der Waals surface area contributed by atoms with Crippen LogP contribution in [-0.4, -0.2) is 31.6 Å². The molecule has 0 saturated carbocycles. The number of rotatable bonds is 6. The Hall–Kier alpha value is -3.71. The van der Waals surface area contributed by atoms with Crippen molar-refractivity contribution in [1.82, 2.24) is 19.9 Å². The average Bonchev–Trinajstić information content (AvgIpc) is 3.33. The first kappa shape index (κ1) is 20.6. The highest BCUT2D eigenvalue weighted by Crippen LogP contribution is 2.34. The van der Waals surface area contributed by atoms with Crippen LogP contribution >= 0.6 is 11.3 Å². The van der Waals surface area contributed by atoms with Crippen LogP contribution in [0.2, 0.25) is 0 Å². The molecule has 3 N–H and O–H groups in total. The molecule has 154 valence electrons. The van der Waals surface area contributed by atoms with E-state index in [1.165, 1.54) is 11.3 Å². The van der Waals surface area contributed by atoms with Gasteiger partial charge in [-0.2, -0.15) is 10.2 Å². The number of pyridine rings is 1. The van der Waals surface area contributed by atoms with Gasteiger partial charge in [-0.3, -0.25) is 4.98 Å². The highest BCUT2D eigenvalue weighted by atomic mass is 32.1. The molecule has 0 radical (unpaired) electrons. The number of ether oxygens (including phenoxy) is 1. The minimum absolute atomic E-state index is 0.112. The van der Waals surface area contributed by atoms with E-state index in [1.54, 1.807) is 55.7 Å². The molecule has 0 aliphatic carbocycles. The third kappa shape index (κ3) is 4.57. The summed E-state index contributed by atoms with van der Waals surface area (Å²) in [5.74, 6) is 1.31. The summed E-state index contributed by atoms with van der Waals surface area (Å²) in [7, 11) is 0. The largest absolute Gasteiger partial charge is 0.438 e. The average molecular weight is 430 g/mol. The SMILES string of the molecule is Cc1nc(Oc2cc(C#N)ccc2-c2ccc([C@H](O)CN)cn2)cc(-c2nccs2)n1. The van der Waals surface area contributed by atoms with Crippen LogP contribution in [0.1, 0.15) is 23.1 Å². The van der Waals surface area contributed by atoms with Crippen molar-refractivity contribution in [1.29, 1.82) is 5.26 Å². The van der Waals surface area contributed by atoms with Gasteiger partial charge >= 0.3 is 0 Å². The Morgan fingerprint density at radius 2 is 2.03 bits per heavy atom. The van der Waals surface area contributed by atoms with Gasteiger partial charge in [-0.15, -0.1) is 11.3 Å². The van der Waals surface area contributed by atoms with Gasteiger partial charge in [0, 0.05) is 41.5 Å². The summed E-state index contributed by atoms with van der Waals surface area (Å²) in [6, 6.07) is 12.5. The molecule has 0 fully saturated rings. The van der Waals surface area contributed by atoms with E-state index in [9.17, 15) is 10.4 Å². The first-order chi connectivity index (χ1) is 15.1. The molecule has 4 aromatic rings. The fraction of sp³-hybridized carbons (Fsp3) is 0.136. The molecule has 0 saturated heterocycles. The van der Waals surface area contributed by atoms with Crippen molar-refractivity contribution in [3.63, 3.8) is 0 Å². The summed E-state index contributed by atoms with van der Waals surface area (Å²) in [4.78, 5) is 17.5. The first-order valence-corrected chi connectivity index (χ1v) is 10.3.